The average Bonchev–Trinajstić information content (AvgIpc) is 3.39. The van der Waals surface area contributed by atoms with Crippen LogP contribution in [0, 0.1) is 12.4 Å². The number of nitrogens with zero attached hydrogens (tertiary/aromatic N) is 3. The largest absolute Gasteiger partial charge is 0.496 e. The van der Waals surface area contributed by atoms with Crippen molar-refractivity contribution in [2.75, 3.05) is 14.2 Å². The molecule has 0 aliphatic heterocycles. The summed E-state index contributed by atoms with van der Waals surface area (Å²) in [6, 6.07) is 17.7. The quantitative estimate of drug-likeness (QED) is 0.185. The summed E-state index contributed by atoms with van der Waals surface area (Å²) >= 11 is 7.89. The molecule has 2 amide bonds. The maximum absolute atomic E-state index is 14.8. The first-order valence-electron chi connectivity index (χ1n) is 15.2. The summed E-state index contributed by atoms with van der Waals surface area (Å²) in [5, 5.41) is 0.370. The Bertz CT molecular complexity index is 1790. The van der Waals surface area contributed by atoms with Crippen molar-refractivity contribution in [3.8, 4) is 16.9 Å². The van der Waals surface area contributed by atoms with Crippen molar-refractivity contribution in [1.82, 2.24) is 9.80 Å². The molecule has 7 nitrogen and oxygen atoms in total. The number of ether oxygens (including phenoxy) is 2. The summed E-state index contributed by atoms with van der Waals surface area (Å²) in [6.07, 6.45) is 2.31. The molecule has 240 valence electrons. The second kappa shape index (κ2) is 13.7. The third kappa shape index (κ3) is 7.14. The molecule has 4 aromatic rings. The highest BCUT2D eigenvalue weighted by molar-refractivity contribution is 7.21. The highest BCUT2D eigenvalue weighted by Crippen LogP contribution is 2.40. The van der Waals surface area contributed by atoms with E-state index in [0.29, 0.717) is 46.7 Å². The van der Waals surface area contributed by atoms with E-state index in [2.05, 4.69) is 4.85 Å². The second-order valence-corrected chi connectivity index (χ2v) is 14.0. The van der Waals surface area contributed by atoms with Crippen LogP contribution in [0.2, 0.25) is 5.02 Å². The molecule has 3 aromatic carbocycles. The lowest BCUT2D eigenvalue weighted by molar-refractivity contribution is 0.0144. The van der Waals surface area contributed by atoms with Crippen LogP contribution in [0.3, 0.4) is 0 Å². The van der Waals surface area contributed by atoms with Crippen LogP contribution in [0.15, 0.2) is 60.7 Å². The minimum atomic E-state index is -0.596. The molecule has 0 bridgehead atoms. The van der Waals surface area contributed by atoms with Crippen molar-refractivity contribution in [3.63, 3.8) is 0 Å². The Labute approximate surface area is 278 Å². The van der Waals surface area contributed by atoms with Gasteiger partial charge in [0, 0.05) is 41.3 Å². The van der Waals surface area contributed by atoms with Gasteiger partial charge in [-0.2, -0.15) is 0 Å². The van der Waals surface area contributed by atoms with Gasteiger partial charge in [0.2, 0.25) is 0 Å². The molecular formula is C36H37ClFN3O4S. The molecule has 0 unspecified atom stereocenters. The van der Waals surface area contributed by atoms with Gasteiger partial charge in [0.15, 0.2) is 5.69 Å². The van der Waals surface area contributed by atoms with Gasteiger partial charge < -0.3 is 19.3 Å². The molecule has 10 heteroatoms. The number of hydrogen-bond acceptors (Lipinski definition) is 5. The number of fused-ring (bicyclic) bond motifs is 1. The van der Waals surface area contributed by atoms with Crippen LogP contribution >= 0.6 is 22.9 Å². The van der Waals surface area contributed by atoms with E-state index in [9.17, 15) is 14.0 Å². The molecule has 1 aliphatic rings. The Morgan fingerprint density at radius 3 is 2.28 bits per heavy atom. The summed E-state index contributed by atoms with van der Waals surface area (Å²) in [5.41, 5.74) is 2.62. The molecule has 1 aromatic heterocycles. The van der Waals surface area contributed by atoms with Crippen LogP contribution in [0.4, 0.5) is 14.9 Å². The standard InChI is InChI=1S/C36H37ClFN3O4S/c1-36(2,3)45-35(43)40(5)26-15-17-27(18-16-26)41(34(42)33-32(37)31-28(38)8-7-9-30(31)46-33)21-24-20-23(12-19-29(24)44-6)22-10-13-25(39-4)14-11-22/h7-14,19-20,26-27H,15-18,21H2,1-3,5-6H3. The number of hydrogen-bond donors (Lipinski definition) is 0. The predicted molar refractivity (Wildman–Crippen MR) is 181 cm³/mol. The first-order valence-corrected chi connectivity index (χ1v) is 16.4. The van der Waals surface area contributed by atoms with Gasteiger partial charge in [0.25, 0.3) is 5.91 Å². The molecule has 5 rings (SSSR count). The van der Waals surface area contributed by atoms with Crippen LogP contribution in [0.1, 0.15) is 61.7 Å². The van der Waals surface area contributed by atoms with Crippen LogP contribution in [0.5, 0.6) is 5.75 Å². The highest BCUT2D eigenvalue weighted by Gasteiger charge is 2.35. The number of amides is 2. The van der Waals surface area contributed by atoms with Gasteiger partial charge in [0.1, 0.15) is 22.0 Å². The van der Waals surface area contributed by atoms with E-state index in [1.54, 1.807) is 43.3 Å². The minimum absolute atomic E-state index is 0.0265. The fourth-order valence-electron chi connectivity index (χ4n) is 5.94. The Balaban J connectivity index is 1.47. The summed E-state index contributed by atoms with van der Waals surface area (Å²) in [6.45, 7) is 13.0. The SMILES string of the molecule is [C-]#[N+]c1ccc(-c2ccc(OC)c(CN(C(=O)c3sc4cccc(F)c4c3Cl)C3CCC(N(C)C(=O)OC(C)(C)C)CC3)c2)cc1. The summed E-state index contributed by atoms with van der Waals surface area (Å²) < 4.78 is 26.7. The van der Waals surface area contributed by atoms with Crippen LogP contribution in [-0.2, 0) is 11.3 Å². The lowest BCUT2D eigenvalue weighted by Gasteiger charge is -2.40. The van der Waals surface area contributed by atoms with Crippen LogP contribution in [0.25, 0.3) is 26.1 Å². The Morgan fingerprint density at radius 2 is 1.67 bits per heavy atom. The number of rotatable bonds is 7. The van der Waals surface area contributed by atoms with Gasteiger partial charge in [-0.3, -0.25) is 4.79 Å². The molecule has 1 heterocycles. The van der Waals surface area contributed by atoms with Gasteiger partial charge in [-0.1, -0.05) is 48.0 Å². The van der Waals surface area contributed by atoms with Crippen molar-refractivity contribution in [3.05, 3.63) is 93.4 Å². The fraction of sp³-hybridized carbons (Fsp3) is 0.361. The lowest BCUT2D eigenvalue weighted by atomic mass is 9.89. The summed E-state index contributed by atoms with van der Waals surface area (Å²) in [4.78, 5) is 34.5. The van der Waals surface area contributed by atoms with E-state index in [4.69, 9.17) is 27.6 Å². The highest BCUT2D eigenvalue weighted by atomic mass is 35.5. The monoisotopic (exact) mass is 661 g/mol. The number of halogens is 2. The van der Waals surface area contributed by atoms with Crippen molar-refractivity contribution in [2.45, 2.75) is 70.7 Å². The Kier molecular flexibility index (Phi) is 9.90. The van der Waals surface area contributed by atoms with Crippen molar-refractivity contribution in [2.24, 2.45) is 0 Å². The zero-order valence-corrected chi connectivity index (χ0v) is 28.2. The molecule has 1 saturated carbocycles. The van der Waals surface area contributed by atoms with E-state index in [1.165, 1.54) is 17.4 Å². The third-order valence-corrected chi connectivity index (χ3v) is 9.98. The normalized spacial score (nSPS) is 16.5. The minimum Gasteiger partial charge on any atom is -0.496 e. The van der Waals surface area contributed by atoms with E-state index in [1.807, 2.05) is 56.0 Å². The van der Waals surface area contributed by atoms with Crippen molar-refractivity contribution >= 4 is 50.7 Å². The van der Waals surface area contributed by atoms with Gasteiger partial charge in [0.05, 0.1) is 18.7 Å². The molecule has 0 saturated heterocycles. The topological polar surface area (TPSA) is 63.4 Å². The van der Waals surface area contributed by atoms with Gasteiger partial charge in [-0.05, 0) is 81.8 Å². The molecule has 1 fully saturated rings. The van der Waals surface area contributed by atoms with E-state index < -0.39 is 11.4 Å². The number of methoxy groups -OCH3 is 1. The molecule has 0 N–H and O–H groups in total. The molecule has 0 spiro atoms. The van der Waals surface area contributed by atoms with E-state index in [-0.39, 0.29) is 41.0 Å². The van der Waals surface area contributed by atoms with Crippen LogP contribution < -0.4 is 4.74 Å². The number of benzene rings is 3. The maximum atomic E-state index is 14.8. The zero-order valence-electron chi connectivity index (χ0n) is 26.6. The Morgan fingerprint density at radius 1 is 1.02 bits per heavy atom. The first kappa shape index (κ1) is 33.2. The van der Waals surface area contributed by atoms with Gasteiger partial charge in [-0.25, -0.2) is 14.0 Å². The van der Waals surface area contributed by atoms with Crippen molar-refractivity contribution < 1.29 is 23.5 Å². The number of carbonyl (C=O) groups is 2. The number of carbonyl (C=O) groups excluding carboxylic acids is 2. The third-order valence-electron chi connectivity index (χ3n) is 8.35. The first-order chi connectivity index (χ1) is 21.9. The van der Waals surface area contributed by atoms with Crippen LogP contribution in [-0.4, -0.2) is 53.6 Å². The Hall–Kier alpha value is -4.13. The summed E-state index contributed by atoms with van der Waals surface area (Å²) in [7, 11) is 3.35. The van der Waals surface area contributed by atoms with E-state index >= 15 is 0 Å². The lowest BCUT2D eigenvalue weighted by Crippen LogP contribution is -2.47. The van der Waals surface area contributed by atoms with E-state index in [0.717, 1.165) is 16.7 Å². The molecule has 46 heavy (non-hydrogen) atoms. The van der Waals surface area contributed by atoms with Gasteiger partial charge >= 0.3 is 6.09 Å². The fourth-order valence-corrected chi connectivity index (χ4v) is 7.45. The summed E-state index contributed by atoms with van der Waals surface area (Å²) in [5.74, 6) is -0.108. The van der Waals surface area contributed by atoms with Crippen molar-refractivity contribution in [1.29, 1.82) is 0 Å². The molecule has 0 radical (unpaired) electrons. The second-order valence-electron chi connectivity index (χ2n) is 12.5. The molecule has 1 aliphatic carbocycles. The smallest absolute Gasteiger partial charge is 0.410 e. The predicted octanol–water partition coefficient (Wildman–Crippen LogP) is 9.74. The maximum Gasteiger partial charge on any atom is 0.410 e. The molecule has 0 atom stereocenters. The molecular weight excluding hydrogens is 625 g/mol. The number of thiophene rings is 1. The van der Waals surface area contributed by atoms with Gasteiger partial charge in [-0.15, -0.1) is 11.3 Å². The zero-order chi connectivity index (χ0) is 33.2. The average molecular weight is 662 g/mol.